The van der Waals surface area contributed by atoms with Crippen LogP contribution in [0.5, 0.6) is 11.5 Å². The highest BCUT2D eigenvalue weighted by Crippen LogP contribution is 2.44. The molecule has 1 aromatic rings. The first-order chi connectivity index (χ1) is 18.9. The summed E-state index contributed by atoms with van der Waals surface area (Å²) < 4.78 is 115. The first-order valence-electron chi connectivity index (χ1n) is 16.0. The molecule has 1 fully saturated rings. The standard InChI is InChI=1S/C24H38N2O4/c1-14(2)9-17-13-26-8-7-16-10-21(28-5)22(29-6)11-18(16)19(26)12-20(17)30-24(27)23(25)15(3)4/h10-11,14-15,17,19-20,23H,7-9,12-13,25H2,1-6H3/t17?,19?,20?,23-/m0/s1/i3D3,4D3,10D,11D,15D,19D,20D,23D. The highest BCUT2D eigenvalue weighted by molar-refractivity contribution is 5.76. The van der Waals surface area contributed by atoms with Gasteiger partial charge >= 0.3 is 5.97 Å². The molecule has 168 valence electrons. The maximum absolute atomic E-state index is 13.5. The number of methoxy groups -OCH3 is 2. The van der Waals surface area contributed by atoms with Crippen LogP contribution in [0.4, 0.5) is 0 Å². The molecule has 2 heterocycles. The van der Waals surface area contributed by atoms with Crippen LogP contribution >= 0.6 is 0 Å². The second kappa shape index (κ2) is 9.56. The summed E-state index contributed by atoms with van der Waals surface area (Å²) in [4.78, 5) is 15.2. The minimum Gasteiger partial charge on any atom is -0.493 e. The lowest BCUT2D eigenvalue weighted by molar-refractivity contribution is -0.160. The molecule has 4 atom stereocenters. The van der Waals surface area contributed by atoms with Crippen LogP contribution in [-0.4, -0.2) is 50.3 Å². The third-order valence-electron chi connectivity index (χ3n) is 5.43. The zero-order chi connectivity index (χ0) is 32.4. The Morgan fingerprint density at radius 1 is 1.37 bits per heavy atom. The molecule has 0 amide bonds. The summed E-state index contributed by atoms with van der Waals surface area (Å²) in [6.07, 6.45) is -2.39. The van der Waals surface area contributed by atoms with Gasteiger partial charge in [-0.1, -0.05) is 27.6 Å². The fourth-order valence-corrected chi connectivity index (χ4v) is 4.01. The van der Waals surface area contributed by atoms with Gasteiger partial charge in [-0.15, -0.1) is 0 Å². The Bertz CT molecular complexity index is 1210. The van der Waals surface area contributed by atoms with Gasteiger partial charge in [0.1, 0.15) is 12.1 Å². The van der Waals surface area contributed by atoms with Gasteiger partial charge in [-0.3, -0.25) is 9.69 Å². The highest BCUT2D eigenvalue weighted by Gasteiger charge is 2.41. The maximum atomic E-state index is 13.5. The van der Waals surface area contributed by atoms with E-state index >= 15 is 0 Å². The summed E-state index contributed by atoms with van der Waals surface area (Å²) >= 11 is 0. The number of fused-ring (bicyclic) bond motifs is 3. The predicted octanol–water partition coefficient (Wildman–Crippen LogP) is 3.56. The lowest BCUT2D eigenvalue weighted by atomic mass is 9.79. The Morgan fingerprint density at radius 2 is 2.07 bits per heavy atom. The van der Waals surface area contributed by atoms with Crippen molar-refractivity contribution in [1.29, 1.82) is 0 Å². The van der Waals surface area contributed by atoms with E-state index in [9.17, 15) is 7.54 Å². The number of ether oxygens (including phenoxy) is 3. The Hall–Kier alpha value is -1.79. The molecule has 3 unspecified atom stereocenters. The van der Waals surface area contributed by atoms with E-state index in [2.05, 4.69) is 0 Å². The van der Waals surface area contributed by atoms with E-state index < -0.39 is 56.0 Å². The van der Waals surface area contributed by atoms with Crippen LogP contribution in [0.2, 0.25) is 0 Å². The molecule has 2 aliphatic rings. The minimum absolute atomic E-state index is 0.0126. The normalized spacial score (nSPS) is 37.9. The van der Waals surface area contributed by atoms with Crippen LogP contribution in [0.1, 0.15) is 74.0 Å². The van der Waals surface area contributed by atoms with E-state index in [4.69, 9.17) is 33.7 Å². The van der Waals surface area contributed by atoms with Crippen molar-refractivity contribution in [2.45, 2.75) is 64.9 Å². The third-order valence-corrected chi connectivity index (χ3v) is 5.43. The monoisotopic (exact) mass is 430 g/mol. The Kier molecular flexibility index (Phi) is 3.74. The Morgan fingerprint density at radius 3 is 2.70 bits per heavy atom. The van der Waals surface area contributed by atoms with Crippen LogP contribution in [-0.2, 0) is 16.0 Å². The van der Waals surface area contributed by atoms with E-state index in [0.717, 1.165) is 0 Å². The van der Waals surface area contributed by atoms with Crippen molar-refractivity contribution in [2.24, 2.45) is 23.5 Å². The molecule has 0 saturated carbocycles. The molecule has 0 aromatic heterocycles. The second-order valence-electron chi connectivity index (χ2n) is 7.96. The van der Waals surface area contributed by atoms with Gasteiger partial charge in [0.25, 0.3) is 0 Å². The largest absolute Gasteiger partial charge is 0.493 e. The topological polar surface area (TPSA) is 74.0 Å². The van der Waals surface area contributed by atoms with Crippen LogP contribution < -0.4 is 15.2 Å². The quantitative estimate of drug-likeness (QED) is 0.667. The van der Waals surface area contributed by atoms with Crippen molar-refractivity contribution in [1.82, 2.24) is 4.90 Å². The molecule has 0 aliphatic carbocycles. The number of carbonyl (C=O) groups is 1. The number of rotatable bonds is 7. The molecule has 0 bridgehead atoms. The van der Waals surface area contributed by atoms with Crippen LogP contribution in [0.25, 0.3) is 0 Å². The number of hydrogen-bond acceptors (Lipinski definition) is 6. The van der Waals surface area contributed by atoms with Gasteiger partial charge in [0.15, 0.2) is 11.5 Å². The number of esters is 1. The molecule has 2 aliphatic heterocycles. The fourth-order valence-electron chi connectivity index (χ4n) is 4.01. The number of carbonyl (C=O) groups excluding carboxylic acids is 1. The first-order valence-corrected chi connectivity index (χ1v) is 9.96. The van der Waals surface area contributed by atoms with Crippen molar-refractivity contribution < 1.29 is 35.5 Å². The molecule has 0 radical (unpaired) electrons. The van der Waals surface area contributed by atoms with E-state index in [1.165, 1.54) is 14.2 Å². The number of piperidine rings is 1. The zero-order valence-electron chi connectivity index (χ0n) is 29.8. The lowest BCUT2D eigenvalue weighted by Crippen LogP contribution is -2.51. The van der Waals surface area contributed by atoms with Crippen molar-refractivity contribution in [3.63, 3.8) is 0 Å². The molecule has 1 aromatic carbocycles. The first kappa shape index (κ1) is 11.7. The van der Waals surface area contributed by atoms with Gasteiger partial charge in [0, 0.05) is 41.0 Å². The summed E-state index contributed by atoms with van der Waals surface area (Å²) in [5.74, 6) is -6.64. The van der Waals surface area contributed by atoms with Crippen LogP contribution in [0, 0.1) is 17.7 Å². The van der Waals surface area contributed by atoms with Gasteiger partial charge in [-0.2, -0.15) is 0 Å². The molecular weight excluding hydrogens is 380 g/mol. The molecule has 3 rings (SSSR count). The van der Waals surface area contributed by atoms with Gasteiger partial charge in [-0.25, -0.2) is 0 Å². The van der Waals surface area contributed by atoms with Gasteiger partial charge < -0.3 is 19.9 Å². The average Bonchev–Trinajstić information content (AvgIpc) is 2.83. The molecule has 6 heteroatoms. The summed E-state index contributed by atoms with van der Waals surface area (Å²) in [5.41, 5.74) is 6.12. The zero-order valence-corrected chi connectivity index (χ0v) is 17.8. The summed E-state index contributed by atoms with van der Waals surface area (Å²) in [5, 5.41) is 0. The minimum atomic E-state index is -3.82. The summed E-state index contributed by atoms with van der Waals surface area (Å²) in [6, 6.07) is -5.92. The number of nitrogens with zero attached hydrogens (tertiary/aromatic N) is 1. The SMILES string of the molecule is [2H]c1c2c(c([2H])c(OC)c1OC)C1([2H])CC([2H])(OC(=O)[C@@]([2H])(N)C([2H])(C([2H])([2H])[2H])C([2H])([2H])[2H])C(CC(C)C)CN1CC2. The molecule has 30 heavy (non-hydrogen) atoms. The van der Waals surface area contributed by atoms with E-state index in [-0.39, 0.29) is 54.6 Å². The molecular formula is C24H38N2O4. The van der Waals surface area contributed by atoms with Crippen molar-refractivity contribution in [3.8, 4) is 11.5 Å². The molecule has 0 spiro atoms. The average molecular weight is 431 g/mol. The smallest absolute Gasteiger partial charge is 0.323 e. The van der Waals surface area contributed by atoms with Crippen LogP contribution in [0.15, 0.2) is 12.1 Å². The molecule has 2 N–H and O–H groups in total. The predicted molar refractivity (Wildman–Crippen MR) is 118 cm³/mol. The van der Waals surface area contributed by atoms with Crippen LogP contribution in [0.3, 0.4) is 0 Å². The highest BCUT2D eigenvalue weighted by atomic mass is 16.5. The van der Waals surface area contributed by atoms with Crippen molar-refractivity contribution >= 4 is 5.97 Å². The summed E-state index contributed by atoms with van der Waals surface area (Å²) in [6.45, 7) is -3.44. The number of benzene rings is 1. The Labute approximate surface area is 197 Å². The lowest BCUT2D eigenvalue weighted by Gasteiger charge is -2.47. The van der Waals surface area contributed by atoms with Gasteiger partial charge in [0.2, 0.25) is 0 Å². The van der Waals surface area contributed by atoms with E-state index in [0.29, 0.717) is 12.0 Å². The van der Waals surface area contributed by atoms with Crippen molar-refractivity contribution in [2.75, 3.05) is 27.3 Å². The summed E-state index contributed by atoms with van der Waals surface area (Å²) in [7, 11) is 2.61. The van der Waals surface area contributed by atoms with E-state index in [1.54, 1.807) is 4.90 Å². The van der Waals surface area contributed by atoms with Crippen molar-refractivity contribution in [3.05, 3.63) is 23.2 Å². The maximum Gasteiger partial charge on any atom is 0.323 e. The third kappa shape index (κ3) is 4.75. The Balaban J connectivity index is 2.18. The second-order valence-corrected chi connectivity index (χ2v) is 7.96. The van der Waals surface area contributed by atoms with Gasteiger partial charge in [-0.05, 0) is 47.9 Å². The number of hydrogen-bond donors (Lipinski definition) is 1. The molecule has 6 nitrogen and oxygen atoms in total. The molecule has 1 saturated heterocycles. The number of nitrogens with two attached hydrogens (primary N) is 1. The van der Waals surface area contributed by atoms with Gasteiger partial charge in [0.05, 0.1) is 21.1 Å². The fraction of sp³-hybridized carbons (Fsp3) is 0.708. The van der Waals surface area contributed by atoms with E-state index in [1.807, 2.05) is 13.8 Å².